The van der Waals surface area contributed by atoms with Gasteiger partial charge >= 0.3 is 29.6 Å². The number of nitrogens with zero attached hydrogens (tertiary/aromatic N) is 4. The summed E-state index contributed by atoms with van der Waals surface area (Å²) in [5.74, 6) is -0.695. The zero-order chi connectivity index (χ0) is 21.9. The first-order chi connectivity index (χ1) is 14.1. The van der Waals surface area contributed by atoms with Gasteiger partial charge in [0.05, 0.1) is 16.3 Å². The first-order valence-corrected chi connectivity index (χ1v) is 10.1. The molecule has 0 saturated carbocycles. The number of aryl methyl sites for hydroxylation is 2. The summed E-state index contributed by atoms with van der Waals surface area (Å²) in [5.41, 5.74) is 2.71. The van der Waals surface area contributed by atoms with Gasteiger partial charge in [-0.1, -0.05) is 17.7 Å². The molecule has 0 saturated heterocycles. The van der Waals surface area contributed by atoms with Crippen LogP contribution in [0, 0.1) is 13.8 Å². The van der Waals surface area contributed by atoms with Crippen LogP contribution in [0.15, 0.2) is 79.9 Å². The third-order valence-corrected chi connectivity index (χ3v) is 4.99. The molecule has 0 heterocycles. The summed E-state index contributed by atoms with van der Waals surface area (Å²) in [6.45, 7) is 3.83. The van der Waals surface area contributed by atoms with E-state index in [0.717, 1.165) is 11.1 Å². The zero-order valence-electron chi connectivity index (χ0n) is 16.1. The molecule has 0 radical (unpaired) electrons. The summed E-state index contributed by atoms with van der Waals surface area (Å²) in [5, 5.41) is 36.3. The normalized spacial score (nSPS) is 11.7. The molecule has 3 N–H and O–H groups in total. The van der Waals surface area contributed by atoms with Gasteiger partial charge in [0, 0.05) is 0 Å². The minimum absolute atomic E-state index is 0. The first-order valence-electron chi connectivity index (χ1n) is 8.68. The molecule has 3 aromatic carbocycles. The van der Waals surface area contributed by atoms with E-state index in [0.29, 0.717) is 5.69 Å². The van der Waals surface area contributed by atoms with Gasteiger partial charge in [-0.3, -0.25) is 4.55 Å². The molecule has 0 amide bonds. The van der Waals surface area contributed by atoms with Crippen LogP contribution in [-0.2, 0) is 10.1 Å². The average Bonchev–Trinajstić information content (AvgIpc) is 2.68. The van der Waals surface area contributed by atoms with Crippen LogP contribution in [-0.4, -0.2) is 52.7 Å². The van der Waals surface area contributed by atoms with E-state index in [1.165, 1.54) is 36.4 Å². The van der Waals surface area contributed by atoms with Crippen molar-refractivity contribution in [1.82, 2.24) is 0 Å². The van der Waals surface area contributed by atoms with Crippen molar-refractivity contribution >= 4 is 62.4 Å². The summed E-state index contributed by atoms with van der Waals surface area (Å²) in [6.07, 6.45) is 0. The Morgan fingerprint density at radius 1 is 0.774 bits per heavy atom. The van der Waals surface area contributed by atoms with Crippen molar-refractivity contribution in [2.75, 3.05) is 0 Å². The Morgan fingerprint density at radius 3 is 2.00 bits per heavy atom. The Bertz CT molecular complexity index is 1260. The Balaban J connectivity index is 0.00000341. The molecule has 156 valence electrons. The van der Waals surface area contributed by atoms with Crippen LogP contribution < -0.4 is 0 Å². The fourth-order valence-electron chi connectivity index (χ4n) is 2.56. The summed E-state index contributed by atoms with van der Waals surface area (Å²) in [7, 11) is -4.30. The number of phenolic OH excluding ortho intramolecular Hbond substituents is 2. The number of hydrogen-bond donors (Lipinski definition) is 3. The molecule has 0 bridgehead atoms. The van der Waals surface area contributed by atoms with Gasteiger partial charge < -0.3 is 10.2 Å². The maximum atomic E-state index is 11.1. The third kappa shape index (κ3) is 6.18. The van der Waals surface area contributed by atoms with Gasteiger partial charge in [-0.25, -0.2) is 0 Å². The number of rotatable bonds is 5. The quantitative estimate of drug-likeness (QED) is 0.280. The molecule has 0 spiro atoms. The van der Waals surface area contributed by atoms with Crippen molar-refractivity contribution in [2.24, 2.45) is 20.5 Å². The zero-order valence-corrected chi connectivity index (χ0v) is 16.9. The van der Waals surface area contributed by atoms with Crippen molar-refractivity contribution in [2.45, 2.75) is 18.7 Å². The molecule has 0 aliphatic rings. The van der Waals surface area contributed by atoms with Crippen LogP contribution in [0.25, 0.3) is 0 Å². The van der Waals surface area contributed by atoms with Gasteiger partial charge in [0.25, 0.3) is 10.1 Å². The molecule has 31 heavy (non-hydrogen) atoms. The van der Waals surface area contributed by atoms with Crippen LogP contribution in [0.4, 0.5) is 22.7 Å². The van der Waals surface area contributed by atoms with Crippen molar-refractivity contribution in [3.8, 4) is 11.5 Å². The van der Waals surface area contributed by atoms with E-state index in [1.807, 2.05) is 26.0 Å². The Hall–Kier alpha value is -2.63. The summed E-state index contributed by atoms with van der Waals surface area (Å²) in [4.78, 5) is -0.275. The second-order valence-corrected chi connectivity index (χ2v) is 7.88. The molecule has 9 nitrogen and oxygen atoms in total. The third-order valence-electron chi connectivity index (χ3n) is 4.13. The molecule has 0 aliphatic heterocycles. The summed E-state index contributed by atoms with van der Waals surface area (Å²) in [6, 6.07) is 13.2. The van der Waals surface area contributed by atoms with Gasteiger partial charge in [-0.05, 0) is 61.9 Å². The molecule has 0 atom stereocenters. The van der Waals surface area contributed by atoms with Crippen molar-refractivity contribution in [1.29, 1.82) is 0 Å². The van der Waals surface area contributed by atoms with E-state index in [4.69, 9.17) is 4.55 Å². The van der Waals surface area contributed by atoms with E-state index < -0.39 is 15.9 Å². The molecule has 0 fully saturated rings. The van der Waals surface area contributed by atoms with E-state index in [9.17, 15) is 18.6 Å². The van der Waals surface area contributed by atoms with Crippen LogP contribution in [0.5, 0.6) is 11.5 Å². The second kappa shape index (κ2) is 10.1. The van der Waals surface area contributed by atoms with Gasteiger partial charge in [-0.2, -0.15) is 18.6 Å². The van der Waals surface area contributed by atoms with Gasteiger partial charge in [0.2, 0.25) is 0 Å². The van der Waals surface area contributed by atoms with E-state index in [2.05, 4.69) is 20.5 Å². The van der Waals surface area contributed by atoms with E-state index >= 15 is 0 Å². The monoisotopic (exact) mass is 450 g/mol. The second-order valence-electron chi connectivity index (χ2n) is 6.46. The Morgan fingerprint density at radius 2 is 1.39 bits per heavy atom. The first kappa shape index (κ1) is 24.6. The SMILES string of the molecule is Cc1ccc(N=Nc2c(O)ccc(N=Nc3ccc(S(=O)(=O)O)cc3)c2O)c(C)c1.[NaH]. The molecule has 3 aromatic rings. The summed E-state index contributed by atoms with van der Waals surface area (Å²) < 4.78 is 31.1. The van der Waals surface area contributed by atoms with Crippen LogP contribution >= 0.6 is 0 Å². The fraction of sp³-hybridized carbons (Fsp3) is 0.100. The van der Waals surface area contributed by atoms with Gasteiger partial charge in [0.1, 0.15) is 11.4 Å². The van der Waals surface area contributed by atoms with Crippen molar-refractivity contribution < 1.29 is 23.2 Å². The molecule has 11 heteroatoms. The minimum atomic E-state index is -4.30. The fourth-order valence-corrected chi connectivity index (χ4v) is 3.04. The number of benzene rings is 3. The molecule has 0 unspecified atom stereocenters. The average molecular weight is 450 g/mol. The van der Waals surface area contributed by atoms with Gasteiger partial charge in [-0.15, -0.1) is 10.2 Å². The molecule has 0 aromatic heterocycles. The predicted molar refractivity (Wildman–Crippen MR) is 117 cm³/mol. The van der Waals surface area contributed by atoms with Crippen molar-refractivity contribution in [3.63, 3.8) is 0 Å². The van der Waals surface area contributed by atoms with E-state index in [-0.39, 0.29) is 57.3 Å². The van der Waals surface area contributed by atoms with Crippen LogP contribution in [0.3, 0.4) is 0 Å². The van der Waals surface area contributed by atoms with E-state index in [1.54, 1.807) is 6.07 Å². The Labute approximate surface area is 201 Å². The molecule has 3 rings (SSSR count). The number of hydrogen-bond acceptors (Lipinski definition) is 8. The Kier molecular flexibility index (Phi) is 8.04. The topological polar surface area (TPSA) is 144 Å². The maximum absolute atomic E-state index is 11.1. The van der Waals surface area contributed by atoms with Gasteiger partial charge in [0.15, 0.2) is 11.4 Å². The van der Waals surface area contributed by atoms with Crippen LogP contribution in [0.2, 0.25) is 0 Å². The predicted octanol–water partition coefficient (Wildman–Crippen LogP) is 5.14. The molecule has 0 aliphatic carbocycles. The number of azo groups is 2. The number of phenols is 2. The summed E-state index contributed by atoms with van der Waals surface area (Å²) >= 11 is 0. The van der Waals surface area contributed by atoms with Crippen molar-refractivity contribution in [3.05, 3.63) is 65.7 Å². The standard InChI is InChI=1S/C20H18N4O5S.Na.H/c1-12-3-8-16(13(2)11-12)22-24-19-18(25)10-9-17(20(19)26)23-21-14-4-6-15(7-5-14)30(27,28)29;;/h3-11,25-26H,1-2H3,(H,27,28,29);;. The molecular weight excluding hydrogens is 431 g/mol. The van der Waals surface area contributed by atoms with Crippen LogP contribution in [0.1, 0.15) is 11.1 Å². The number of aromatic hydroxyl groups is 2. The molecular formula is C20H19N4NaO5S.